The highest BCUT2D eigenvalue weighted by molar-refractivity contribution is 5.67. The summed E-state index contributed by atoms with van der Waals surface area (Å²) in [6.45, 7) is 2.44. The van der Waals surface area contributed by atoms with Crippen LogP contribution in [0.4, 0.5) is 0 Å². The van der Waals surface area contributed by atoms with Gasteiger partial charge in [-0.1, -0.05) is 30.7 Å². The Morgan fingerprint density at radius 1 is 1.40 bits per heavy atom. The zero-order chi connectivity index (χ0) is 14.4. The topological polar surface area (TPSA) is 49.8 Å². The number of carbonyl (C=O) groups is 1. The molecule has 1 heterocycles. The molecule has 0 amide bonds. The van der Waals surface area contributed by atoms with E-state index in [1.165, 1.54) is 5.56 Å². The maximum Gasteiger partial charge on any atom is 0.304 e. The fourth-order valence-electron chi connectivity index (χ4n) is 2.92. The van der Waals surface area contributed by atoms with Crippen molar-refractivity contribution in [3.05, 3.63) is 35.4 Å². The molecule has 1 fully saturated rings. The number of aliphatic carboxylic acids is 1. The zero-order valence-electron chi connectivity index (χ0n) is 12.0. The van der Waals surface area contributed by atoms with Crippen LogP contribution >= 0.6 is 0 Å². The lowest BCUT2D eigenvalue weighted by Gasteiger charge is -2.35. The molecule has 1 unspecified atom stereocenters. The Labute approximate surface area is 120 Å². The molecule has 0 aliphatic carbocycles. The van der Waals surface area contributed by atoms with Gasteiger partial charge in [0.15, 0.2) is 0 Å². The van der Waals surface area contributed by atoms with Gasteiger partial charge in [-0.25, -0.2) is 0 Å². The second-order valence-corrected chi connectivity index (χ2v) is 5.47. The number of methoxy groups -OCH3 is 1. The van der Waals surface area contributed by atoms with E-state index in [2.05, 4.69) is 23.1 Å². The summed E-state index contributed by atoms with van der Waals surface area (Å²) in [5.41, 5.74) is 2.40. The molecule has 110 valence electrons. The van der Waals surface area contributed by atoms with Crippen LogP contribution < -0.4 is 0 Å². The third-order valence-electron chi connectivity index (χ3n) is 3.85. The van der Waals surface area contributed by atoms with Crippen molar-refractivity contribution in [1.29, 1.82) is 0 Å². The predicted molar refractivity (Wildman–Crippen MR) is 77.5 cm³/mol. The molecule has 1 saturated heterocycles. The molecule has 1 aromatic rings. The number of benzene rings is 1. The summed E-state index contributed by atoms with van der Waals surface area (Å²) in [4.78, 5) is 13.3. The first-order valence-electron chi connectivity index (χ1n) is 7.21. The predicted octanol–water partition coefficient (Wildman–Crippen LogP) is 2.66. The monoisotopic (exact) mass is 277 g/mol. The minimum Gasteiger partial charge on any atom is -0.481 e. The van der Waals surface area contributed by atoms with E-state index in [9.17, 15) is 4.79 Å². The Morgan fingerprint density at radius 2 is 2.20 bits per heavy atom. The molecule has 1 aliphatic heterocycles. The lowest BCUT2D eigenvalue weighted by molar-refractivity contribution is -0.138. The molecule has 0 radical (unpaired) electrons. The highest BCUT2D eigenvalue weighted by Gasteiger charge is 2.24. The molecule has 2 rings (SSSR count). The van der Waals surface area contributed by atoms with Crippen LogP contribution in [-0.4, -0.2) is 35.7 Å². The van der Waals surface area contributed by atoms with Gasteiger partial charge in [-0.3, -0.25) is 9.69 Å². The number of rotatable bonds is 6. The Balaban J connectivity index is 2.02. The van der Waals surface area contributed by atoms with Crippen LogP contribution in [-0.2, 0) is 22.7 Å². The van der Waals surface area contributed by atoms with E-state index in [1.54, 1.807) is 7.11 Å². The summed E-state index contributed by atoms with van der Waals surface area (Å²) < 4.78 is 5.16. The van der Waals surface area contributed by atoms with E-state index in [-0.39, 0.29) is 12.5 Å². The van der Waals surface area contributed by atoms with E-state index in [0.717, 1.165) is 37.9 Å². The van der Waals surface area contributed by atoms with E-state index in [4.69, 9.17) is 9.84 Å². The van der Waals surface area contributed by atoms with Gasteiger partial charge in [-0.2, -0.15) is 0 Å². The smallest absolute Gasteiger partial charge is 0.304 e. The molecule has 0 aromatic heterocycles. The van der Waals surface area contributed by atoms with Crippen LogP contribution in [0.15, 0.2) is 24.3 Å². The first kappa shape index (κ1) is 15.0. The van der Waals surface area contributed by atoms with Crippen molar-refractivity contribution in [2.24, 2.45) is 0 Å². The Hall–Kier alpha value is -1.39. The zero-order valence-corrected chi connectivity index (χ0v) is 12.0. The molecule has 1 atom stereocenters. The first-order valence-corrected chi connectivity index (χ1v) is 7.21. The molecular weight excluding hydrogens is 254 g/mol. The Morgan fingerprint density at radius 3 is 2.95 bits per heavy atom. The van der Waals surface area contributed by atoms with Crippen molar-refractivity contribution in [3.8, 4) is 0 Å². The highest BCUT2D eigenvalue weighted by Crippen LogP contribution is 2.22. The molecule has 0 spiro atoms. The maximum absolute atomic E-state index is 11.0. The quantitative estimate of drug-likeness (QED) is 0.868. The number of nitrogens with zero attached hydrogens (tertiary/aromatic N) is 1. The van der Waals surface area contributed by atoms with Crippen molar-refractivity contribution in [2.75, 3.05) is 13.7 Å². The van der Waals surface area contributed by atoms with Crippen LogP contribution in [0.5, 0.6) is 0 Å². The molecule has 1 N–H and O–H groups in total. The number of piperidine rings is 1. The summed E-state index contributed by atoms with van der Waals surface area (Å²) in [7, 11) is 1.69. The van der Waals surface area contributed by atoms with Crippen LogP contribution in [0.2, 0.25) is 0 Å². The van der Waals surface area contributed by atoms with Crippen molar-refractivity contribution >= 4 is 5.97 Å². The lowest BCUT2D eigenvalue weighted by Crippen LogP contribution is -2.40. The molecule has 4 heteroatoms. The van der Waals surface area contributed by atoms with E-state index in [0.29, 0.717) is 6.61 Å². The fraction of sp³-hybridized carbons (Fsp3) is 0.562. The summed E-state index contributed by atoms with van der Waals surface area (Å²) in [6, 6.07) is 8.52. The van der Waals surface area contributed by atoms with Gasteiger partial charge in [0.1, 0.15) is 0 Å². The Bertz CT molecular complexity index is 447. The van der Waals surface area contributed by atoms with Gasteiger partial charge < -0.3 is 9.84 Å². The summed E-state index contributed by atoms with van der Waals surface area (Å²) >= 11 is 0. The Kier molecular flexibility index (Phi) is 5.56. The number of carboxylic acids is 1. The van der Waals surface area contributed by atoms with Crippen molar-refractivity contribution in [1.82, 2.24) is 4.90 Å². The first-order chi connectivity index (χ1) is 9.69. The van der Waals surface area contributed by atoms with Crippen LogP contribution in [0.3, 0.4) is 0 Å². The summed E-state index contributed by atoms with van der Waals surface area (Å²) in [6.07, 6.45) is 3.54. The summed E-state index contributed by atoms with van der Waals surface area (Å²) in [5.74, 6) is -0.699. The van der Waals surface area contributed by atoms with Crippen LogP contribution in [0.25, 0.3) is 0 Å². The van der Waals surface area contributed by atoms with Gasteiger partial charge >= 0.3 is 5.97 Å². The largest absolute Gasteiger partial charge is 0.481 e. The molecule has 0 saturated carbocycles. The number of ether oxygens (including phenoxy) is 1. The maximum atomic E-state index is 11.0. The van der Waals surface area contributed by atoms with Gasteiger partial charge in [0.25, 0.3) is 0 Å². The third kappa shape index (κ3) is 4.32. The molecule has 1 aliphatic rings. The highest BCUT2D eigenvalue weighted by atomic mass is 16.5. The molecule has 1 aromatic carbocycles. The van der Waals surface area contributed by atoms with Gasteiger partial charge in [0, 0.05) is 19.7 Å². The summed E-state index contributed by atoms with van der Waals surface area (Å²) in [5, 5.41) is 9.02. The van der Waals surface area contributed by atoms with Crippen molar-refractivity contribution < 1.29 is 14.6 Å². The minimum atomic E-state index is -0.699. The number of carboxylic acid groups (broad SMARTS) is 1. The average Bonchev–Trinajstić information content (AvgIpc) is 2.41. The van der Waals surface area contributed by atoms with Gasteiger partial charge in [0.2, 0.25) is 0 Å². The molecule has 20 heavy (non-hydrogen) atoms. The standard InChI is InChI=1S/C16H23NO3/c1-20-12-14-6-4-5-13(9-14)11-17-8-3-2-7-15(17)10-16(18)19/h4-6,9,15H,2-3,7-8,10-12H2,1H3,(H,18,19). The molecule has 4 nitrogen and oxygen atoms in total. The van der Waals surface area contributed by atoms with Crippen LogP contribution in [0.1, 0.15) is 36.8 Å². The average molecular weight is 277 g/mol. The third-order valence-corrected chi connectivity index (χ3v) is 3.85. The van der Waals surface area contributed by atoms with E-state index in [1.807, 2.05) is 6.07 Å². The second-order valence-electron chi connectivity index (χ2n) is 5.47. The van der Waals surface area contributed by atoms with Crippen molar-refractivity contribution in [3.63, 3.8) is 0 Å². The van der Waals surface area contributed by atoms with Crippen LogP contribution in [0, 0.1) is 0 Å². The SMILES string of the molecule is COCc1cccc(CN2CCCCC2CC(=O)O)c1. The van der Waals surface area contributed by atoms with Gasteiger partial charge in [0.05, 0.1) is 13.0 Å². The number of hydrogen-bond donors (Lipinski definition) is 1. The number of hydrogen-bond acceptors (Lipinski definition) is 3. The van der Waals surface area contributed by atoms with E-state index < -0.39 is 5.97 Å². The van der Waals surface area contributed by atoms with Gasteiger partial charge in [-0.15, -0.1) is 0 Å². The fourth-order valence-corrected chi connectivity index (χ4v) is 2.92. The lowest BCUT2D eigenvalue weighted by atomic mass is 9.98. The number of likely N-dealkylation sites (tertiary alicyclic amines) is 1. The normalized spacial score (nSPS) is 19.9. The van der Waals surface area contributed by atoms with Gasteiger partial charge in [-0.05, 0) is 30.5 Å². The van der Waals surface area contributed by atoms with Crippen molar-refractivity contribution in [2.45, 2.75) is 44.9 Å². The molecule has 0 bridgehead atoms. The van der Waals surface area contributed by atoms with E-state index >= 15 is 0 Å². The second kappa shape index (κ2) is 7.41. The minimum absolute atomic E-state index is 0.173. The molecular formula is C16H23NO3.